The number of hydrogen-bond acceptors (Lipinski definition) is 4. The number of pyridine rings is 1. The van der Waals surface area contributed by atoms with Gasteiger partial charge in [0.2, 0.25) is 0 Å². The van der Waals surface area contributed by atoms with E-state index < -0.39 is 0 Å². The lowest BCUT2D eigenvalue weighted by Gasteiger charge is -2.11. The van der Waals surface area contributed by atoms with E-state index in [9.17, 15) is 4.79 Å². The molecule has 2 aromatic rings. The highest BCUT2D eigenvalue weighted by Crippen LogP contribution is 2.14. The van der Waals surface area contributed by atoms with Crippen molar-refractivity contribution in [1.82, 2.24) is 4.57 Å². The molecule has 0 spiro atoms. The minimum Gasteiger partial charge on any atom is -0.492 e. The van der Waals surface area contributed by atoms with Crippen LogP contribution in [0.3, 0.4) is 0 Å². The standard InChI is InChI=1S/C15H15N3O2/c1-11-5-6-12(10-16)15(19)18(11)7-8-20-14-4-2-3-13(17)9-14/h2-6,9H,7-8,17H2,1H3. The van der Waals surface area contributed by atoms with Crippen LogP contribution in [-0.2, 0) is 6.54 Å². The van der Waals surface area contributed by atoms with E-state index in [0.29, 0.717) is 24.6 Å². The van der Waals surface area contributed by atoms with Gasteiger partial charge >= 0.3 is 0 Å². The number of nitriles is 1. The monoisotopic (exact) mass is 269 g/mol. The minimum atomic E-state index is -0.288. The van der Waals surface area contributed by atoms with Crippen molar-refractivity contribution < 1.29 is 4.74 Å². The molecule has 0 amide bonds. The van der Waals surface area contributed by atoms with Crippen LogP contribution < -0.4 is 16.0 Å². The van der Waals surface area contributed by atoms with Gasteiger partial charge in [-0.05, 0) is 31.2 Å². The van der Waals surface area contributed by atoms with Crippen molar-refractivity contribution in [1.29, 1.82) is 5.26 Å². The second kappa shape index (κ2) is 5.93. The number of nitrogens with zero attached hydrogens (tertiary/aromatic N) is 2. The van der Waals surface area contributed by atoms with Crippen molar-refractivity contribution in [3.05, 3.63) is 58.0 Å². The van der Waals surface area contributed by atoms with Gasteiger partial charge < -0.3 is 15.0 Å². The first kappa shape index (κ1) is 13.7. The molecule has 0 saturated heterocycles. The van der Waals surface area contributed by atoms with E-state index in [0.717, 1.165) is 5.69 Å². The van der Waals surface area contributed by atoms with Gasteiger partial charge in [0.1, 0.15) is 24.0 Å². The minimum absolute atomic E-state index is 0.138. The summed E-state index contributed by atoms with van der Waals surface area (Å²) in [6.45, 7) is 2.54. The van der Waals surface area contributed by atoms with E-state index in [1.54, 1.807) is 30.3 Å². The average molecular weight is 269 g/mol. The third-order valence-electron chi connectivity index (χ3n) is 2.95. The fourth-order valence-electron chi connectivity index (χ4n) is 1.89. The highest BCUT2D eigenvalue weighted by atomic mass is 16.5. The van der Waals surface area contributed by atoms with Gasteiger partial charge in [-0.2, -0.15) is 5.26 Å². The molecule has 1 aromatic heterocycles. The van der Waals surface area contributed by atoms with Gasteiger partial charge in [0.15, 0.2) is 0 Å². The third-order valence-corrected chi connectivity index (χ3v) is 2.95. The van der Waals surface area contributed by atoms with Crippen LogP contribution in [0.15, 0.2) is 41.2 Å². The molecular formula is C15H15N3O2. The summed E-state index contributed by atoms with van der Waals surface area (Å²) in [6.07, 6.45) is 0. The van der Waals surface area contributed by atoms with Crippen molar-refractivity contribution in [3.8, 4) is 11.8 Å². The van der Waals surface area contributed by atoms with Gasteiger partial charge in [-0.3, -0.25) is 4.79 Å². The van der Waals surface area contributed by atoms with Crippen molar-refractivity contribution >= 4 is 5.69 Å². The number of hydrogen-bond donors (Lipinski definition) is 1. The van der Waals surface area contributed by atoms with Gasteiger partial charge in [-0.15, -0.1) is 0 Å². The number of aromatic nitrogens is 1. The summed E-state index contributed by atoms with van der Waals surface area (Å²) >= 11 is 0. The molecule has 2 rings (SSSR count). The van der Waals surface area contributed by atoms with Crippen molar-refractivity contribution in [3.63, 3.8) is 0 Å². The van der Waals surface area contributed by atoms with Gasteiger partial charge in [0.05, 0.1) is 6.54 Å². The zero-order valence-corrected chi connectivity index (χ0v) is 11.2. The second-order valence-corrected chi connectivity index (χ2v) is 4.38. The van der Waals surface area contributed by atoms with Crippen molar-refractivity contribution in [2.75, 3.05) is 12.3 Å². The molecule has 0 aliphatic heterocycles. The molecule has 0 radical (unpaired) electrons. The van der Waals surface area contributed by atoms with E-state index in [-0.39, 0.29) is 11.1 Å². The molecule has 0 bridgehead atoms. The Balaban J connectivity index is 2.09. The Morgan fingerprint density at radius 2 is 2.15 bits per heavy atom. The predicted molar refractivity (Wildman–Crippen MR) is 76.5 cm³/mol. The van der Waals surface area contributed by atoms with Crippen LogP contribution in [0.2, 0.25) is 0 Å². The molecule has 0 saturated carbocycles. The first-order valence-electron chi connectivity index (χ1n) is 6.20. The number of anilines is 1. The predicted octanol–water partition coefficient (Wildman–Crippen LogP) is 1.69. The molecule has 20 heavy (non-hydrogen) atoms. The maximum Gasteiger partial charge on any atom is 0.268 e. The Kier molecular flexibility index (Phi) is 4.06. The maximum absolute atomic E-state index is 12.0. The molecule has 0 unspecified atom stereocenters. The summed E-state index contributed by atoms with van der Waals surface area (Å²) in [5, 5.41) is 8.86. The summed E-state index contributed by atoms with van der Waals surface area (Å²) in [6, 6.07) is 12.3. The highest BCUT2D eigenvalue weighted by molar-refractivity contribution is 5.43. The van der Waals surface area contributed by atoms with Gasteiger partial charge in [-0.25, -0.2) is 0 Å². The zero-order chi connectivity index (χ0) is 14.5. The van der Waals surface area contributed by atoms with E-state index in [1.165, 1.54) is 10.6 Å². The SMILES string of the molecule is Cc1ccc(C#N)c(=O)n1CCOc1cccc(N)c1. The van der Waals surface area contributed by atoms with Crippen LogP contribution in [0.1, 0.15) is 11.3 Å². The average Bonchev–Trinajstić information content (AvgIpc) is 2.43. The number of ether oxygens (including phenoxy) is 1. The lowest BCUT2D eigenvalue weighted by molar-refractivity contribution is 0.295. The summed E-state index contributed by atoms with van der Waals surface area (Å²) in [5.74, 6) is 0.659. The van der Waals surface area contributed by atoms with Crippen LogP contribution in [-0.4, -0.2) is 11.2 Å². The van der Waals surface area contributed by atoms with Gasteiger partial charge in [-0.1, -0.05) is 6.07 Å². The molecule has 0 aliphatic rings. The Labute approximate surface area is 116 Å². The van der Waals surface area contributed by atoms with E-state index in [1.807, 2.05) is 13.0 Å². The van der Waals surface area contributed by atoms with Crippen LogP contribution in [0, 0.1) is 18.3 Å². The van der Waals surface area contributed by atoms with E-state index >= 15 is 0 Å². The normalized spacial score (nSPS) is 10.0. The molecule has 0 atom stereocenters. The molecule has 1 heterocycles. The molecule has 102 valence electrons. The number of nitrogen functional groups attached to an aromatic ring is 1. The van der Waals surface area contributed by atoms with Crippen molar-refractivity contribution in [2.24, 2.45) is 0 Å². The number of nitrogens with two attached hydrogens (primary N) is 1. The molecule has 0 aliphatic carbocycles. The molecule has 2 N–H and O–H groups in total. The first-order valence-corrected chi connectivity index (χ1v) is 6.20. The lowest BCUT2D eigenvalue weighted by atomic mass is 10.2. The van der Waals surface area contributed by atoms with Crippen molar-refractivity contribution in [2.45, 2.75) is 13.5 Å². The summed E-state index contributed by atoms with van der Waals surface area (Å²) in [7, 11) is 0. The number of aryl methyl sites for hydroxylation is 1. The Bertz CT molecular complexity index is 714. The maximum atomic E-state index is 12.0. The Morgan fingerprint density at radius 3 is 2.85 bits per heavy atom. The largest absolute Gasteiger partial charge is 0.492 e. The van der Waals surface area contributed by atoms with Gasteiger partial charge in [0.25, 0.3) is 5.56 Å². The summed E-state index contributed by atoms with van der Waals surface area (Å²) < 4.78 is 7.08. The zero-order valence-electron chi connectivity index (χ0n) is 11.2. The molecule has 0 fully saturated rings. The molecule has 5 heteroatoms. The van der Waals surface area contributed by atoms with E-state index in [4.69, 9.17) is 15.7 Å². The summed E-state index contributed by atoms with van der Waals surface area (Å²) in [5.41, 5.74) is 6.93. The smallest absolute Gasteiger partial charge is 0.268 e. The lowest BCUT2D eigenvalue weighted by Crippen LogP contribution is -2.26. The van der Waals surface area contributed by atoms with Crippen LogP contribution in [0.25, 0.3) is 0 Å². The third kappa shape index (κ3) is 2.98. The second-order valence-electron chi connectivity index (χ2n) is 4.38. The number of rotatable bonds is 4. The fourth-order valence-corrected chi connectivity index (χ4v) is 1.89. The van der Waals surface area contributed by atoms with Gasteiger partial charge in [0, 0.05) is 17.4 Å². The molecule has 5 nitrogen and oxygen atoms in total. The van der Waals surface area contributed by atoms with Crippen LogP contribution >= 0.6 is 0 Å². The van der Waals surface area contributed by atoms with Crippen LogP contribution in [0.4, 0.5) is 5.69 Å². The summed E-state index contributed by atoms with van der Waals surface area (Å²) in [4.78, 5) is 12.0. The Hall–Kier alpha value is -2.74. The van der Waals surface area contributed by atoms with Crippen LogP contribution in [0.5, 0.6) is 5.75 Å². The number of benzene rings is 1. The Morgan fingerprint density at radius 1 is 1.35 bits per heavy atom. The molecular weight excluding hydrogens is 254 g/mol. The molecule has 1 aromatic carbocycles. The topological polar surface area (TPSA) is 81.0 Å². The highest BCUT2D eigenvalue weighted by Gasteiger charge is 2.05. The fraction of sp³-hybridized carbons (Fsp3) is 0.200. The van der Waals surface area contributed by atoms with E-state index in [2.05, 4.69) is 0 Å². The quantitative estimate of drug-likeness (QED) is 0.856. The first-order chi connectivity index (χ1) is 9.61.